The molecule has 0 fully saturated rings. The normalized spacial score (nSPS) is 15.6. The molecule has 2 aromatic rings. The first-order valence-electron chi connectivity index (χ1n) is 6.59. The maximum atomic E-state index is 11.7. The number of carbonyl (C=O) groups excluding carboxylic acids is 1. The number of fused-ring (bicyclic) bond motifs is 1. The van der Waals surface area contributed by atoms with Gasteiger partial charge in [0.1, 0.15) is 5.76 Å². The lowest BCUT2D eigenvalue weighted by Gasteiger charge is -2.11. The number of aryl methyl sites for hydroxylation is 1. The summed E-state index contributed by atoms with van der Waals surface area (Å²) in [7, 11) is 0. The maximum absolute atomic E-state index is 11.7. The predicted octanol–water partition coefficient (Wildman–Crippen LogP) is 4.22. The highest BCUT2D eigenvalue weighted by Gasteiger charge is 2.19. The summed E-state index contributed by atoms with van der Waals surface area (Å²) in [6.45, 7) is 0. The number of nitrogens with one attached hydrogen (secondary N) is 1. The summed E-state index contributed by atoms with van der Waals surface area (Å²) in [5, 5.41) is 7.03. The van der Waals surface area contributed by atoms with Gasteiger partial charge >= 0.3 is 6.09 Å². The van der Waals surface area contributed by atoms with Gasteiger partial charge in [0.25, 0.3) is 0 Å². The summed E-state index contributed by atoms with van der Waals surface area (Å²) in [5.41, 5.74) is 2.20. The zero-order chi connectivity index (χ0) is 14.7. The molecule has 1 amide bonds. The highest BCUT2D eigenvalue weighted by molar-refractivity contribution is 6.30. The number of hydrogen-bond acceptors (Lipinski definition) is 4. The molecule has 1 aromatic carbocycles. The molecule has 3 rings (SSSR count). The number of hydrogen-bond donors (Lipinski definition) is 1. The molecular formula is C15H13ClN2O3. The molecule has 0 saturated heterocycles. The average molecular weight is 305 g/mol. The van der Waals surface area contributed by atoms with Crippen LogP contribution in [-0.2, 0) is 11.3 Å². The van der Waals surface area contributed by atoms with Crippen LogP contribution >= 0.6 is 11.6 Å². The topological polar surface area (TPSA) is 63.8 Å². The van der Waals surface area contributed by atoms with Gasteiger partial charge in [-0.3, -0.25) is 10.2 Å². The lowest BCUT2D eigenvalue weighted by atomic mass is 9.97. The molecule has 0 unspecified atom stereocenters. The Labute approximate surface area is 126 Å². The molecule has 1 N–H and O–H groups in total. The first kappa shape index (κ1) is 13.7. The highest BCUT2D eigenvalue weighted by Crippen LogP contribution is 2.23. The van der Waals surface area contributed by atoms with E-state index in [0.717, 1.165) is 36.3 Å². The number of rotatable bonds is 2. The van der Waals surface area contributed by atoms with E-state index in [0.29, 0.717) is 10.7 Å². The van der Waals surface area contributed by atoms with Crippen LogP contribution in [-0.4, -0.2) is 11.8 Å². The van der Waals surface area contributed by atoms with E-state index in [1.165, 1.54) is 0 Å². The largest absolute Gasteiger partial charge is 0.469 e. The van der Waals surface area contributed by atoms with Crippen LogP contribution in [0.5, 0.6) is 0 Å². The maximum Gasteiger partial charge on any atom is 0.437 e. The van der Waals surface area contributed by atoms with E-state index < -0.39 is 6.09 Å². The zero-order valence-corrected chi connectivity index (χ0v) is 11.9. The monoisotopic (exact) mass is 304 g/mol. The van der Waals surface area contributed by atoms with Gasteiger partial charge in [-0.2, -0.15) is 0 Å². The van der Waals surface area contributed by atoms with Gasteiger partial charge in [-0.15, -0.1) is 0 Å². The SMILES string of the molecule is O=C(Nc1cccc(Cl)c1)O/N=C1\CCCc2occc21. The fourth-order valence-corrected chi connectivity index (χ4v) is 2.43. The molecular weight excluding hydrogens is 292 g/mol. The van der Waals surface area contributed by atoms with Crippen molar-refractivity contribution in [2.45, 2.75) is 19.3 Å². The summed E-state index contributed by atoms with van der Waals surface area (Å²) in [5.74, 6) is 0.888. The molecule has 5 nitrogen and oxygen atoms in total. The molecule has 1 aromatic heterocycles. The van der Waals surface area contributed by atoms with Crippen LogP contribution in [0.3, 0.4) is 0 Å². The Morgan fingerprint density at radius 2 is 2.24 bits per heavy atom. The number of halogens is 1. The Hall–Kier alpha value is -2.27. The van der Waals surface area contributed by atoms with Crippen molar-refractivity contribution in [3.63, 3.8) is 0 Å². The van der Waals surface area contributed by atoms with Gasteiger partial charge < -0.3 is 4.42 Å². The van der Waals surface area contributed by atoms with E-state index in [4.69, 9.17) is 20.9 Å². The summed E-state index contributed by atoms with van der Waals surface area (Å²) >= 11 is 5.84. The third-order valence-electron chi connectivity index (χ3n) is 3.18. The van der Waals surface area contributed by atoms with Gasteiger partial charge in [0.2, 0.25) is 0 Å². The first-order chi connectivity index (χ1) is 10.2. The number of furan rings is 1. The van der Waals surface area contributed by atoms with Crippen LogP contribution < -0.4 is 5.32 Å². The van der Waals surface area contributed by atoms with Crippen molar-refractivity contribution < 1.29 is 14.0 Å². The second-order valence-electron chi connectivity index (χ2n) is 4.66. The van der Waals surface area contributed by atoms with Crippen LogP contribution in [0.1, 0.15) is 24.2 Å². The van der Waals surface area contributed by atoms with Crippen molar-refractivity contribution in [1.82, 2.24) is 0 Å². The van der Waals surface area contributed by atoms with Crippen LogP contribution in [0.25, 0.3) is 0 Å². The molecule has 0 bridgehead atoms. The van der Waals surface area contributed by atoms with Crippen molar-refractivity contribution in [3.8, 4) is 0 Å². The third-order valence-corrected chi connectivity index (χ3v) is 3.42. The van der Waals surface area contributed by atoms with Crippen molar-refractivity contribution >= 4 is 29.1 Å². The van der Waals surface area contributed by atoms with Crippen LogP contribution in [0, 0.1) is 0 Å². The van der Waals surface area contributed by atoms with Crippen molar-refractivity contribution in [3.05, 3.63) is 52.9 Å². The number of benzene rings is 1. The zero-order valence-electron chi connectivity index (χ0n) is 11.1. The van der Waals surface area contributed by atoms with Crippen LogP contribution in [0.15, 0.2) is 46.2 Å². The van der Waals surface area contributed by atoms with Crippen molar-refractivity contribution in [1.29, 1.82) is 0 Å². The Kier molecular flexibility index (Phi) is 3.92. The number of anilines is 1. The van der Waals surface area contributed by atoms with Crippen LogP contribution in [0.2, 0.25) is 5.02 Å². The molecule has 108 valence electrons. The van der Waals surface area contributed by atoms with Gasteiger partial charge in [-0.1, -0.05) is 22.8 Å². The van der Waals surface area contributed by atoms with Gasteiger partial charge in [0, 0.05) is 22.7 Å². The lowest BCUT2D eigenvalue weighted by Crippen LogP contribution is -2.14. The molecule has 1 heterocycles. The molecule has 0 radical (unpaired) electrons. The molecule has 1 aliphatic rings. The van der Waals surface area contributed by atoms with Gasteiger partial charge in [0.05, 0.1) is 12.0 Å². The predicted molar refractivity (Wildman–Crippen MR) is 79.7 cm³/mol. The highest BCUT2D eigenvalue weighted by atomic mass is 35.5. The molecule has 0 spiro atoms. The first-order valence-corrected chi connectivity index (χ1v) is 6.97. The Bertz CT molecular complexity index is 694. The van der Waals surface area contributed by atoms with E-state index in [9.17, 15) is 4.79 Å². The number of oxime groups is 1. The minimum Gasteiger partial charge on any atom is -0.469 e. The van der Waals surface area contributed by atoms with Crippen LogP contribution in [0.4, 0.5) is 10.5 Å². The average Bonchev–Trinajstić information content (AvgIpc) is 2.94. The third kappa shape index (κ3) is 3.25. The molecule has 1 aliphatic carbocycles. The van der Waals surface area contributed by atoms with E-state index in [2.05, 4.69) is 10.5 Å². The summed E-state index contributed by atoms with van der Waals surface area (Å²) < 4.78 is 5.35. The summed E-state index contributed by atoms with van der Waals surface area (Å²) in [4.78, 5) is 16.6. The van der Waals surface area contributed by atoms with E-state index >= 15 is 0 Å². The fraction of sp³-hybridized carbons (Fsp3) is 0.200. The standard InChI is InChI=1S/C15H13ClN2O3/c16-10-3-1-4-11(9-10)17-15(19)21-18-13-5-2-6-14-12(13)7-8-20-14/h1,3-4,7-9H,2,5-6H2,(H,17,19)/b18-13+. The molecule has 0 atom stereocenters. The summed E-state index contributed by atoms with van der Waals surface area (Å²) in [6, 6.07) is 8.65. The quantitative estimate of drug-likeness (QED) is 0.667. The minimum absolute atomic E-state index is 0.537. The number of nitrogens with zero attached hydrogens (tertiary/aromatic N) is 1. The van der Waals surface area contributed by atoms with E-state index in [1.54, 1.807) is 30.5 Å². The lowest BCUT2D eigenvalue weighted by molar-refractivity contribution is 0.166. The smallest absolute Gasteiger partial charge is 0.437 e. The number of amides is 1. The Balaban J connectivity index is 1.65. The van der Waals surface area contributed by atoms with E-state index in [-0.39, 0.29) is 0 Å². The van der Waals surface area contributed by atoms with Crippen molar-refractivity contribution in [2.75, 3.05) is 5.32 Å². The van der Waals surface area contributed by atoms with Gasteiger partial charge in [-0.05, 0) is 37.1 Å². The molecule has 0 aliphatic heterocycles. The second-order valence-corrected chi connectivity index (χ2v) is 5.10. The number of carbonyl (C=O) groups is 1. The van der Waals surface area contributed by atoms with Gasteiger partial charge in [-0.25, -0.2) is 4.79 Å². The van der Waals surface area contributed by atoms with Crippen molar-refractivity contribution in [2.24, 2.45) is 5.16 Å². The van der Waals surface area contributed by atoms with E-state index in [1.807, 2.05) is 6.07 Å². The molecule has 6 heteroatoms. The Morgan fingerprint density at radius 1 is 1.33 bits per heavy atom. The second kappa shape index (κ2) is 6.01. The molecule has 21 heavy (non-hydrogen) atoms. The summed E-state index contributed by atoms with van der Waals surface area (Å²) in [6.07, 6.45) is 3.55. The van der Waals surface area contributed by atoms with Gasteiger partial charge in [0.15, 0.2) is 0 Å². The minimum atomic E-state index is -0.652. The Morgan fingerprint density at radius 3 is 3.10 bits per heavy atom. The fourth-order valence-electron chi connectivity index (χ4n) is 2.24. The molecule has 0 saturated carbocycles.